The molecule has 2 aromatic heterocycles. The van der Waals surface area contributed by atoms with Crippen LogP contribution in [0.1, 0.15) is 10.4 Å². The maximum atomic E-state index is 13.3. The maximum Gasteiger partial charge on any atom is 0.338 e. The third-order valence-electron chi connectivity index (χ3n) is 2.60. The molecule has 0 spiro atoms. The molecule has 2 heterocycles. The van der Waals surface area contributed by atoms with Crippen LogP contribution < -0.4 is 0 Å². The van der Waals surface area contributed by atoms with Crippen LogP contribution in [0.4, 0.5) is 4.39 Å². The molecule has 0 aliphatic heterocycles. The summed E-state index contributed by atoms with van der Waals surface area (Å²) in [5, 5.41) is 16.4. The summed E-state index contributed by atoms with van der Waals surface area (Å²) in [5.74, 6) is -1.56. The van der Waals surface area contributed by atoms with Crippen LogP contribution in [-0.4, -0.2) is 21.3 Å². The van der Waals surface area contributed by atoms with E-state index in [0.29, 0.717) is 11.3 Å². The van der Waals surface area contributed by atoms with Gasteiger partial charge in [0.1, 0.15) is 5.82 Å². The molecule has 0 saturated carbocycles. The molecule has 0 atom stereocenters. The predicted molar refractivity (Wildman–Crippen MR) is 64.4 cm³/mol. The number of hydrogen-bond acceptors (Lipinski definition) is 5. The van der Waals surface area contributed by atoms with E-state index in [9.17, 15) is 9.18 Å². The van der Waals surface area contributed by atoms with E-state index in [1.54, 1.807) is 12.1 Å². The zero-order valence-electron chi connectivity index (χ0n) is 9.91. The number of carboxylic acids is 1. The Kier molecular flexibility index (Phi) is 2.79. The van der Waals surface area contributed by atoms with Gasteiger partial charge >= 0.3 is 5.97 Å². The van der Waals surface area contributed by atoms with Crippen LogP contribution in [0.2, 0.25) is 0 Å². The molecule has 0 amide bonds. The van der Waals surface area contributed by atoms with Gasteiger partial charge in [0.05, 0.1) is 11.8 Å². The third-order valence-corrected chi connectivity index (χ3v) is 2.60. The smallest absolute Gasteiger partial charge is 0.338 e. The standard InChI is InChI=1S/C13H7FN2O4/c14-9-4-3-7(6-8(9)13(17)18)11-15-16-12(20-11)10-2-1-5-19-10/h1-6H,(H,17,18). The molecule has 7 heteroatoms. The Morgan fingerprint density at radius 3 is 2.70 bits per heavy atom. The van der Waals surface area contributed by atoms with Crippen molar-refractivity contribution >= 4 is 5.97 Å². The Bertz CT molecular complexity index is 765. The summed E-state index contributed by atoms with van der Waals surface area (Å²) in [5.41, 5.74) is -0.144. The Hall–Kier alpha value is -2.96. The molecule has 0 bridgehead atoms. The van der Waals surface area contributed by atoms with Crippen LogP contribution in [0.15, 0.2) is 45.4 Å². The van der Waals surface area contributed by atoms with Crippen molar-refractivity contribution in [1.82, 2.24) is 10.2 Å². The number of hydrogen-bond donors (Lipinski definition) is 1. The number of nitrogens with zero attached hydrogens (tertiary/aromatic N) is 2. The van der Waals surface area contributed by atoms with Gasteiger partial charge < -0.3 is 13.9 Å². The minimum Gasteiger partial charge on any atom is -0.478 e. The van der Waals surface area contributed by atoms with Crippen LogP contribution in [-0.2, 0) is 0 Å². The van der Waals surface area contributed by atoms with Crippen molar-refractivity contribution in [1.29, 1.82) is 0 Å². The summed E-state index contributed by atoms with van der Waals surface area (Å²) in [6, 6.07) is 6.85. The van der Waals surface area contributed by atoms with Crippen LogP contribution in [0.25, 0.3) is 23.1 Å². The van der Waals surface area contributed by atoms with Gasteiger partial charge in [0.25, 0.3) is 5.89 Å². The van der Waals surface area contributed by atoms with Gasteiger partial charge in [0.15, 0.2) is 5.76 Å². The molecule has 6 nitrogen and oxygen atoms in total. The van der Waals surface area contributed by atoms with Crippen LogP contribution in [0.3, 0.4) is 0 Å². The second-order valence-electron chi connectivity index (χ2n) is 3.89. The minimum atomic E-state index is -1.37. The molecule has 20 heavy (non-hydrogen) atoms. The van der Waals surface area contributed by atoms with Gasteiger partial charge in [-0.3, -0.25) is 0 Å². The maximum absolute atomic E-state index is 13.3. The number of furan rings is 1. The first-order chi connectivity index (χ1) is 9.65. The zero-order chi connectivity index (χ0) is 14.1. The molecule has 0 unspecified atom stereocenters. The summed E-state index contributed by atoms with van der Waals surface area (Å²) >= 11 is 0. The van der Waals surface area contributed by atoms with Crippen LogP contribution in [0, 0.1) is 5.82 Å². The molecule has 1 N–H and O–H groups in total. The van der Waals surface area contributed by atoms with E-state index < -0.39 is 17.3 Å². The average Bonchev–Trinajstić information content (AvgIpc) is 3.09. The molecule has 0 saturated heterocycles. The normalized spacial score (nSPS) is 10.7. The second-order valence-corrected chi connectivity index (χ2v) is 3.89. The van der Waals surface area contributed by atoms with Gasteiger partial charge in [-0.2, -0.15) is 0 Å². The Labute approximate surface area is 111 Å². The lowest BCUT2D eigenvalue weighted by Gasteiger charge is -1.99. The lowest BCUT2D eigenvalue weighted by molar-refractivity contribution is 0.0692. The number of carbonyl (C=O) groups is 1. The highest BCUT2D eigenvalue weighted by atomic mass is 19.1. The first-order valence-corrected chi connectivity index (χ1v) is 5.56. The monoisotopic (exact) mass is 274 g/mol. The SMILES string of the molecule is O=C(O)c1cc(-c2nnc(-c3ccco3)o2)ccc1F. The van der Waals surface area contributed by atoms with E-state index in [2.05, 4.69) is 10.2 Å². The number of carboxylic acid groups (broad SMARTS) is 1. The number of aromatic nitrogens is 2. The highest BCUT2D eigenvalue weighted by molar-refractivity contribution is 5.89. The number of benzene rings is 1. The average molecular weight is 274 g/mol. The van der Waals surface area contributed by atoms with E-state index in [0.717, 1.165) is 12.1 Å². The van der Waals surface area contributed by atoms with Gasteiger partial charge in [0, 0.05) is 5.56 Å². The van der Waals surface area contributed by atoms with Gasteiger partial charge in [0.2, 0.25) is 5.89 Å². The fourth-order valence-electron chi connectivity index (χ4n) is 1.66. The topological polar surface area (TPSA) is 89.4 Å². The molecule has 0 fully saturated rings. The van der Waals surface area contributed by atoms with Crippen molar-refractivity contribution in [2.24, 2.45) is 0 Å². The number of rotatable bonds is 3. The molecule has 3 rings (SSSR count). The predicted octanol–water partition coefficient (Wildman–Crippen LogP) is 2.83. The van der Waals surface area contributed by atoms with Crippen molar-refractivity contribution in [3.63, 3.8) is 0 Å². The van der Waals surface area contributed by atoms with Gasteiger partial charge in [-0.05, 0) is 30.3 Å². The summed E-state index contributed by atoms with van der Waals surface area (Å²) in [4.78, 5) is 10.9. The van der Waals surface area contributed by atoms with Gasteiger partial charge in [-0.1, -0.05) is 0 Å². The van der Waals surface area contributed by atoms with E-state index in [1.165, 1.54) is 12.3 Å². The molecule has 0 aliphatic carbocycles. The largest absolute Gasteiger partial charge is 0.478 e. The van der Waals surface area contributed by atoms with Crippen molar-refractivity contribution in [2.45, 2.75) is 0 Å². The van der Waals surface area contributed by atoms with Gasteiger partial charge in [-0.25, -0.2) is 9.18 Å². The first-order valence-electron chi connectivity index (χ1n) is 5.56. The molecule has 0 aliphatic rings. The molecule has 100 valence electrons. The van der Waals surface area contributed by atoms with Crippen molar-refractivity contribution in [2.75, 3.05) is 0 Å². The highest BCUT2D eigenvalue weighted by Gasteiger charge is 2.16. The first kappa shape index (κ1) is 12.1. The summed E-state index contributed by atoms with van der Waals surface area (Å²) in [6.07, 6.45) is 1.46. The second kappa shape index (κ2) is 4.61. The molecular formula is C13H7FN2O4. The van der Waals surface area contributed by atoms with Crippen LogP contribution in [0.5, 0.6) is 0 Å². The quantitative estimate of drug-likeness (QED) is 0.789. The minimum absolute atomic E-state index is 0.0823. The lowest BCUT2D eigenvalue weighted by atomic mass is 10.1. The summed E-state index contributed by atoms with van der Waals surface area (Å²) in [6.45, 7) is 0. The van der Waals surface area contributed by atoms with Gasteiger partial charge in [-0.15, -0.1) is 10.2 Å². The third kappa shape index (κ3) is 2.05. The molecular weight excluding hydrogens is 267 g/mol. The highest BCUT2D eigenvalue weighted by Crippen LogP contribution is 2.25. The molecule has 0 radical (unpaired) electrons. The molecule has 3 aromatic rings. The zero-order valence-corrected chi connectivity index (χ0v) is 9.91. The number of aromatic carboxylic acids is 1. The van der Waals surface area contributed by atoms with Crippen molar-refractivity contribution in [3.05, 3.63) is 48.0 Å². The number of halogens is 1. The summed E-state index contributed by atoms with van der Waals surface area (Å²) < 4.78 is 23.8. The molecule has 1 aromatic carbocycles. The lowest BCUT2D eigenvalue weighted by Crippen LogP contribution is -2.00. The van der Waals surface area contributed by atoms with E-state index >= 15 is 0 Å². The van der Waals surface area contributed by atoms with E-state index in [-0.39, 0.29) is 11.8 Å². The fourth-order valence-corrected chi connectivity index (χ4v) is 1.66. The van der Waals surface area contributed by atoms with E-state index in [4.69, 9.17) is 13.9 Å². The van der Waals surface area contributed by atoms with E-state index in [1.807, 2.05) is 0 Å². The Morgan fingerprint density at radius 1 is 1.20 bits per heavy atom. The summed E-state index contributed by atoms with van der Waals surface area (Å²) in [7, 11) is 0. The fraction of sp³-hybridized carbons (Fsp3) is 0. The van der Waals surface area contributed by atoms with Crippen molar-refractivity contribution in [3.8, 4) is 23.1 Å². The van der Waals surface area contributed by atoms with Crippen molar-refractivity contribution < 1.29 is 23.1 Å². The Morgan fingerprint density at radius 2 is 2.00 bits per heavy atom. The Balaban J connectivity index is 2.02. The van der Waals surface area contributed by atoms with Crippen LogP contribution >= 0.6 is 0 Å².